The molecule has 4 rings (SSSR count). The first-order valence-electron chi connectivity index (χ1n) is 8.52. The minimum Gasteiger partial charge on any atom is -0.490 e. The van der Waals surface area contributed by atoms with Gasteiger partial charge >= 0.3 is 5.97 Å². The molecule has 6 nitrogen and oxygen atoms in total. The molecule has 24 heavy (non-hydrogen) atoms. The number of rotatable bonds is 2. The lowest BCUT2D eigenvalue weighted by Crippen LogP contribution is -2.37. The molecule has 0 spiro atoms. The second-order valence-electron chi connectivity index (χ2n) is 6.95. The lowest BCUT2D eigenvalue weighted by Gasteiger charge is -2.23. The lowest BCUT2D eigenvalue weighted by atomic mass is 9.81. The van der Waals surface area contributed by atoms with E-state index in [0.717, 1.165) is 19.3 Å². The van der Waals surface area contributed by atoms with E-state index in [9.17, 15) is 14.7 Å². The Kier molecular flexibility index (Phi) is 3.62. The second-order valence-corrected chi connectivity index (χ2v) is 6.95. The van der Waals surface area contributed by atoms with Gasteiger partial charge in [0, 0.05) is 25.1 Å². The van der Waals surface area contributed by atoms with Crippen LogP contribution in [-0.4, -0.2) is 48.2 Å². The quantitative estimate of drug-likeness (QED) is 0.899. The van der Waals surface area contributed by atoms with Crippen LogP contribution in [0, 0.1) is 11.3 Å². The summed E-state index contributed by atoms with van der Waals surface area (Å²) in [5.74, 6) is 0.425. The van der Waals surface area contributed by atoms with E-state index in [1.165, 1.54) is 0 Å². The van der Waals surface area contributed by atoms with Crippen LogP contribution in [0.3, 0.4) is 0 Å². The molecular weight excluding hydrogens is 310 g/mol. The highest BCUT2D eigenvalue weighted by Crippen LogP contribution is 2.49. The summed E-state index contributed by atoms with van der Waals surface area (Å²) in [5.41, 5.74) is -0.221. The molecule has 1 saturated carbocycles. The summed E-state index contributed by atoms with van der Waals surface area (Å²) in [6.45, 7) is 2.01. The predicted octanol–water partition coefficient (Wildman–Crippen LogP) is 2.17. The summed E-state index contributed by atoms with van der Waals surface area (Å²) in [7, 11) is 0. The molecule has 2 fully saturated rings. The summed E-state index contributed by atoms with van der Waals surface area (Å²) in [5, 5.41) is 9.66. The largest absolute Gasteiger partial charge is 0.490 e. The average Bonchev–Trinajstić information content (AvgIpc) is 3.04. The van der Waals surface area contributed by atoms with Crippen LogP contribution >= 0.6 is 0 Å². The number of fused-ring (bicyclic) bond motifs is 2. The van der Waals surface area contributed by atoms with Crippen molar-refractivity contribution in [3.05, 3.63) is 23.8 Å². The summed E-state index contributed by atoms with van der Waals surface area (Å²) >= 11 is 0. The second kappa shape index (κ2) is 5.69. The van der Waals surface area contributed by atoms with Crippen LogP contribution in [0.2, 0.25) is 0 Å². The number of aliphatic carboxylic acids is 1. The van der Waals surface area contributed by atoms with Crippen molar-refractivity contribution in [1.82, 2.24) is 4.90 Å². The molecule has 1 aliphatic carbocycles. The van der Waals surface area contributed by atoms with Crippen molar-refractivity contribution in [3.8, 4) is 11.5 Å². The van der Waals surface area contributed by atoms with Crippen molar-refractivity contribution >= 4 is 11.9 Å². The van der Waals surface area contributed by atoms with E-state index in [1.54, 1.807) is 23.1 Å². The summed E-state index contributed by atoms with van der Waals surface area (Å²) in [6, 6.07) is 5.21. The Labute approximate surface area is 140 Å². The zero-order valence-corrected chi connectivity index (χ0v) is 13.5. The number of likely N-dealkylation sites (tertiary alicyclic amines) is 1. The number of carbonyl (C=O) groups excluding carboxylic acids is 1. The molecule has 2 atom stereocenters. The first-order chi connectivity index (χ1) is 11.6. The number of carboxylic acid groups (broad SMARTS) is 1. The monoisotopic (exact) mass is 331 g/mol. The molecule has 0 bridgehead atoms. The number of ether oxygens (including phenoxy) is 2. The minimum absolute atomic E-state index is 0.0689. The zero-order valence-electron chi connectivity index (χ0n) is 13.5. The van der Waals surface area contributed by atoms with Gasteiger partial charge in [-0.15, -0.1) is 0 Å². The molecule has 128 valence electrons. The van der Waals surface area contributed by atoms with E-state index in [0.29, 0.717) is 49.8 Å². The Morgan fingerprint density at radius 3 is 2.71 bits per heavy atom. The molecular formula is C18H21NO5. The molecule has 2 heterocycles. The summed E-state index contributed by atoms with van der Waals surface area (Å²) in [6.07, 6.45) is 3.30. The molecule has 3 aliphatic rings. The van der Waals surface area contributed by atoms with Gasteiger partial charge < -0.3 is 19.5 Å². The maximum Gasteiger partial charge on any atom is 0.311 e. The molecule has 1 aromatic carbocycles. The van der Waals surface area contributed by atoms with Gasteiger partial charge in [0.2, 0.25) is 0 Å². The van der Waals surface area contributed by atoms with E-state index in [-0.39, 0.29) is 11.8 Å². The Morgan fingerprint density at radius 2 is 1.96 bits per heavy atom. The Morgan fingerprint density at radius 1 is 1.17 bits per heavy atom. The van der Waals surface area contributed by atoms with Crippen LogP contribution in [-0.2, 0) is 4.79 Å². The molecule has 1 N–H and O–H groups in total. The highest BCUT2D eigenvalue weighted by atomic mass is 16.5. The molecule has 1 amide bonds. The third kappa shape index (κ3) is 2.32. The van der Waals surface area contributed by atoms with Crippen LogP contribution in [0.5, 0.6) is 11.5 Å². The van der Waals surface area contributed by atoms with Crippen molar-refractivity contribution in [3.63, 3.8) is 0 Å². The number of nitrogens with zero attached hydrogens (tertiary/aromatic N) is 1. The topological polar surface area (TPSA) is 76.1 Å². The van der Waals surface area contributed by atoms with E-state index >= 15 is 0 Å². The highest BCUT2D eigenvalue weighted by Gasteiger charge is 2.55. The molecule has 0 aromatic heterocycles. The van der Waals surface area contributed by atoms with E-state index in [4.69, 9.17) is 9.47 Å². The average molecular weight is 331 g/mol. The van der Waals surface area contributed by atoms with Crippen LogP contribution in [0.1, 0.15) is 36.0 Å². The zero-order chi connectivity index (χ0) is 16.7. The smallest absolute Gasteiger partial charge is 0.311 e. The van der Waals surface area contributed by atoms with Crippen molar-refractivity contribution in [1.29, 1.82) is 0 Å². The van der Waals surface area contributed by atoms with Gasteiger partial charge in [0.15, 0.2) is 11.5 Å². The van der Waals surface area contributed by atoms with Gasteiger partial charge in [-0.1, -0.05) is 6.42 Å². The Hall–Kier alpha value is -2.24. The molecule has 1 aromatic rings. The fourth-order valence-corrected chi connectivity index (χ4v) is 4.27. The number of carbonyl (C=O) groups is 2. The number of benzene rings is 1. The maximum absolute atomic E-state index is 12.9. The van der Waals surface area contributed by atoms with Gasteiger partial charge in [-0.05, 0) is 37.0 Å². The minimum atomic E-state index is -0.765. The van der Waals surface area contributed by atoms with Crippen molar-refractivity contribution < 1.29 is 24.2 Å². The number of hydrogen-bond acceptors (Lipinski definition) is 4. The normalized spacial score (nSPS) is 28.3. The standard InChI is InChI=1S/C18H21NO5/c20-16(12-4-5-14-15(9-12)24-8-2-7-23-14)19-10-13-3-1-6-18(13,11-19)17(21)22/h4-5,9,13H,1-3,6-8,10-11H2,(H,21,22)/t13-,18+/m0/s1. The lowest BCUT2D eigenvalue weighted by molar-refractivity contribution is -0.149. The van der Waals surface area contributed by atoms with Crippen LogP contribution < -0.4 is 9.47 Å². The SMILES string of the molecule is O=C(c1ccc2c(c1)OCCCO2)N1C[C@@H]2CCC[C@@]2(C(=O)O)C1. The summed E-state index contributed by atoms with van der Waals surface area (Å²) < 4.78 is 11.2. The van der Waals surface area contributed by atoms with Crippen LogP contribution in [0.25, 0.3) is 0 Å². The highest BCUT2D eigenvalue weighted by molar-refractivity contribution is 5.96. The number of hydrogen-bond donors (Lipinski definition) is 1. The molecule has 2 aliphatic heterocycles. The Balaban J connectivity index is 1.57. The van der Waals surface area contributed by atoms with Gasteiger partial charge in [0.25, 0.3) is 5.91 Å². The fourth-order valence-electron chi connectivity index (χ4n) is 4.27. The third-order valence-electron chi connectivity index (χ3n) is 5.58. The van der Waals surface area contributed by atoms with E-state index < -0.39 is 11.4 Å². The van der Waals surface area contributed by atoms with E-state index in [1.807, 2.05) is 0 Å². The molecule has 6 heteroatoms. The van der Waals surface area contributed by atoms with Gasteiger partial charge in [-0.3, -0.25) is 9.59 Å². The van der Waals surface area contributed by atoms with Crippen LogP contribution in [0.4, 0.5) is 0 Å². The van der Waals surface area contributed by atoms with Gasteiger partial charge in [-0.2, -0.15) is 0 Å². The summed E-state index contributed by atoms with van der Waals surface area (Å²) in [4.78, 5) is 26.3. The van der Waals surface area contributed by atoms with Gasteiger partial charge in [-0.25, -0.2) is 0 Å². The molecule has 0 unspecified atom stereocenters. The van der Waals surface area contributed by atoms with Gasteiger partial charge in [0.05, 0.1) is 18.6 Å². The number of amides is 1. The first-order valence-corrected chi connectivity index (χ1v) is 8.52. The fraction of sp³-hybridized carbons (Fsp3) is 0.556. The molecule has 0 radical (unpaired) electrons. The maximum atomic E-state index is 12.9. The van der Waals surface area contributed by atoms with Crippen molar-refractivity contribution in [2.75, 3.05) is 26.3 Å². The number of carboxylic acids is 1. The predicted molar refractivity (Wildman–Crippen MR) is 85.4 cm³/mol. The van der Waals surface area contributed by atoms with Crippen molar-refractivity contribution in [2.24, 2.45) is 11.3 Å². The third-order valence-corrected chi connectivity index (χ3v) is 5.58. The Bertz CT molecular complexity index is 688. The van der Waals surface area contributed by atoms with E-state index in [2.05, 4.69) is 0 Å². The van der Waals surface area contributed by atoms with Gasteiger partial charge in [0.1, 0.15) is 0 Å². The van der Waals surface area contributed by atoms with Crippen LogP contribution in [0.15, 0.2) is 18.2 Å². The molecule has 1 saturated heterocycles. The van der Waals surface area contributed by atoms with Crippen molar-refractivity contribution in [2.45, 2.75) is 25.7 Å². The first kappa shape index (κ1) is 15.3.